The van der Waals surface area contributed by atoms with Crippen LogP contribution in [0.4, 0.5) is 4.39 Å². The van der Waals surface area contributed by atoms with Crippen LogP contribution in [0.2, 0.25) is 0 Å². The minimum atomic E-state index is -0.611. The fourth-order valence-corrected chi connectivity index (χ4v) is 1.00. The predicted octanol–water partition coefficient (Wildman–Crippen LogP) is 0.935. The molecule has 5 heteroatoms. The Labute approximate surface area is 75.8 Å². The molecule has 1 rings (SSSR count). The van der Waals surface area contributed by atoms with E-state index in [-0.39, 0.29) is 14.0 Å². The Balaban J connectivity index is 3.35. The summed E-state index contributed by atoms with van der Waals surface area (Å²) in [5.41, 5.74) is -0.101. The van der Waals surface area contributed by atoms with Gasteiger partial charge in [0.2, 0.25) is 12.0 Å². The molecule has 0 spiro atoms. The molecule has 0 saturated heterocycles. The molecule has 0 aliphatic rings. The number of pyridine rings is 1. The highest BCUT2D eigenvalue weighted by molar-refractivity contribution is 14.1. The molecule has 11 heavy (non-hydrogen) atoms. The van der Waals surface area contributed by atoms with Gasteiger partial charge in [0, 0.05) is 6.07 Å². The lowest BCUT2D eigenvalue weighted by molar-refractivity contribution is -0.610. The Hall–Kier alpha value is -0.900. The molecule has 3 nitrogen and oxygen atoms in total. The number of halogens is 2. The largest absolute Gasteiger partial charge is 0.618 e. The topological polar surface area (TPSA) is 50.7 Å². The van der Waals surface area contributed by atoms with Crippen LogP contribution in [-0.2, 0) is 0 Å². The normalized spacial score (nSPS) is 9.18. The van der Waals surface area contributed by atoms with Gasteiger partial charge in [-0.25, -0.2) is 0 Å². The maximum absolute atomic E-state index is 12.6. The number of rotatable bonds is 0. The van der Waals surface area contributed by atoms with Gasteiger partial charge in [0.05, 0.1) is 3.57 Å². The molecule has 0 aromatic carbocycles. The van der Waals surface area contributed by atoms with Crippen LogP contribution in [0.5, 0.6) is 0 Å². The second kappa shape index (κ2) is 3.00. The monoisotopic (exact) mass is 264 g/mol. The molecule has 0 unspecified atom stereocenters. The summed E-state index contributed by atoms with van der Waals surface area (Å²) in [5.74, 6) is -0.611. The average Bonchev–Trinajstić information content (AvgIpc) is 1.97. The van der Waals surface area contributed by atoms with Crippen molar-refractivity contribution >= 4 is 22.6 Å². The third kappa shape index (κ3) is 1.57. The lowest BCUT2D eigenvalue weighted by Crippen LogP contribution is -2.30. The van der Waals surface area contributed by atoms with E-state index in [9.17, 15) is 9.60 Å². The molecule has 1 heterocycles. The van der Waals surface area contributed by atoms with Gasteiger partial charge in [-0.2, -0.15) is 14.4 Å². The second-order valence-electron chi connectivity index (χ2n) is 1.79. The van der Waals surface area contributed by atoms with Crippen molar-refractivity contribution < 1.29 is 9.12 Å². The van der Waals surface area contributed by atoms with Crippen molar-refractivity contribution in [3.8, 4) is 6.07 Å². The Morgan fingerprint density at radius 1 is 1.73 bits per heavy atom. The average molecular weight is 264 g/mol. The summed E-state index contributed by atoms with van der Waals surface area (Å²) in [4.78, 5) is 0. The van der Waals surface area contributed by atoms with E-state index in [1.807, 2.05) is 0 Å². The summed E-state index contributed by atoms with van der Waals surface area (Å²) in [6.07, 6.45) is 0.736. The molecule has 0 aliphatic heterocycles. The quantitative estimate of drug-likeness (QED) is 0.397. The molecular weight excluding hydrogens is 262 g/mol. The molecule has 1 aromatic heterocycles. The molecule has 0 saturated carbocycles. The van der Waals surface area contributed by atoms with Crippen LogP contribution in [0.1, 0.15) is 5.69 Å². The second-order valence-corrected chi connectivity index (χ2v) is 2.95. The van der Waals surface area contributed by atoms with Crippen LogP contribution >= 0.6 is 22.6 Å². The Kier molecular flexibility index (Phi) is 2.24. The van der Waals surface area contributed by atoms with E-state index in [4.69, 9.17) is 5.26 Å². The van der Waals surface area contributed by atoms with Gasteiger partial charge in [0.15, 0.2) is 6.07 Å². The summed E-state index contributed by atoms with van der Waals surface area (Å²) < 4.78 is 13.0. The fourth-order valence-electron chi connectivity index (χ4n) is 0.568. The summed E-state index contributed by atoms with van der Waals surface area (Å²) in [5, 5.41) is 19.0. The lowest BCUT2D eigenvalue weighted by Gasteiger charge is -1.97. The van der Waals surface area contributed by atoms with Crippen LogP contribution < -0.4 is 4.73 Å². The van der Waals surface area contributed by atoms with Gasteiger partial charge in [-0.15, -0.1) is 0 Å². The van der Waals surface area contributed by atoms with E-state index >= 15 is 0 Å². The third-order valence-electron chi connectivity index (χ3n) is 1.07. The summed E-state index contributed by atoms with van der Waals surface area (Å²) >= 11 is 1.71. The standard InChI is InChI=1S/C6H2FIN2O/c7-5-3-10(11)4(2-9)1-6(5)8/h1,3H. The summed E-state index contributed by atoms with van der Waals surface area (Å²) in [6.45, 7) is 0. The molecule has 0 atom stereocenters. The van der Waals surface area contributed by atoms with E-state index in [2.05, 4.69) is 0 Å². The maximum atomic E-state index is 12.6. The molecule has 0 fully saturated rings. The Morgan fingerprint density at radius 3 is 2.91 bits per heavy atom. The van der Waals surface area contributed by atoms with E-state index in [0.717, 1.165) is 6.20 Å². The van der Waals surface area contributed by atoms with E-state index in [1.165, 1.54) is 6.07 Å². The SMILES string of the molecule is N#Cc1cc(I)c(F)c[n+]1[O-]. The van der Waals surface area contributed by atoms with Gasteiger partial charge in [-0.3, -0.25) is 0 Å². The Bertz CT molecular complexity index is 334. The summed E-state index contributed by atoms with van der Waals surface area (Å²) in [6, 6.07) is 2.84. The first-order chi connectivity index (χ1) is 5.15. The molecule has 0 bridgehead atoms. The zero-order valence-corrected chi connectivity index (χ0v) is 7.37. The minimum absolute atomic E-state index is 0.101. The number of hydrogen-bond donors (Lipinski definition) is 0. The van der Waals surface area contributed by atoms with Crippen LogP contribution in [0.25, 0.3) is 0 Å². The van der Waals surface area contributed by atoms with Gasteiger partial charge in [-0.05, 0) is 22.6 Å². The number of hydrogen-bond acceptors (Lipinski definition) is 2. The first-order valence-electron chi connectivity index (χ1n) is 2.63. The first-order valence-corrected chi connectivity index (χ1v) is 3.71. The molecule has 0 amide bonds. The van der Waals surface area contributed by atoms with Crippen molar-refractivity contribution in [2.24, 2.45) is 0 Å². The highest BCUT2D eigenvalue weighted by Crippen LogP contribution is 2.08. The number of nitriles is 1. The van der Waals surface area contributed by atoms with Crippen LogP contribution in [0, 0.1) is 25.9 Å². The fraction of sp³-hybridized carbons (Fsp3) is 0. The zero-order chi connectivity index (χ0) is 8.43. The van der Waals surface area contributed by atoms with Crippen molar-refractivity contribution in [3.05, 3.63) is 32.6 Å². The highest BCUT2D eigenvalue weighted by atomic mass is 127. The van der Waals surface area contributed by atoms with Gasteiger partial charge in [0.25, 0.3) is 5.69 Å². The van der Waals surface area contributed by atoms with Crippen LogP contribution in [-0.4, -0.2) is 0 Å². The molecular formula is C6H2FIN2O. The van der Waals surface area contributed by atoms with E-state index < -0.39 is 5.82 Å². The van der Waals surface area contributed by atoms with Gasteiger partial charge < -0.3 is 5.21 Å². The highest BCUT2D eigenvalue weighted by Gasteiger charge is 2.09. The number of aromatic nitrogens is 1. The number of nitrogens with zero attached hydrogens (tertiary/aromatic N) is 2. The molecule has 0 radical (unpaired) electrons. The van der Waals surface area contributed by atoms with E-state index in [1.54, 1.807) is 28.7 Å². The van der Waals surface area contributed by atoms with Crippen molar-refractivity contribution in [1.29, 1.82) is 5.26 Å². The molecule has 0 N–H and O–H groups in total. The van der Waals surface area contributed by atoms with Gasteiger partial charge in [-0.1, -0.05) is 0 Å². The Morgan fingerprint density at radius 2 is 2.36 bits per heavy atom. The molecule has 0 aliphatic carbocycles. The molecule has 1 aromatic rings. The first kappa shape index (κ1) is 8.20. The van der Waals surface area contributed by atoms with Crippen molar-refractivity contribution in [3.63, 3.8) is 0 Å². The third-order valence-corrected chi connectivity index (χ3v) is 1.90. The van der Waals surface area contributed by atoms with E-state index in [0.29, 0.717) is 0 Å². The van der Waals surface area contributed by atoms with Gasteiger partial charge in [0.1, 0.15) is 0 Å². The lowest BCUT2D eigenvalue weighted by atomic mass is 10.4. The molecule has 56 valence electrons. The maximum Gasteiger partial charge on any atom is 0.295 e. The zero-order valence-electron chi connectivity index (χ0n) is 5.21. The van der Waals surface area contributed by atoms with Crippen LogP contribution in [0.15, 0.2) is 12.3 Å². The minimum Gasteiger partial charge on any atom is -0.618 e. The van der Waals surface area contributed by atoms with Crippen molar-refractivity contribution in [1.82, 2.24) is 0 Å². The predicted molar refractivity (Wildman–Crippen MR) is 42.8 cm³/mol. The summed E-state index contributed by atoms with van der Waals surface area (Å²) in [7, 11) is 0. The van der Waals surface area contributed by atoms with Gasteiger partial charge >= 0.3 is 0 Å². The van der Waals surface area contributed by atoms with Crippen LogP contribution in [0.3, 0.4) is 0 Å². The smallest absolute Gasteiger partial charge is 0.295 e. The van der Waals surface area contributed by atoms with Crippen molar-refractivity contribution in [2.75, 3.05) is 0 Å². The van der Waals surface area contributed by atoms with Crippen molar-refractivity contribution in [2.45, 2.75) is 0 Å².